The number of hydrogen-bond acceptors (Lipinski definition) is 2. The Bertz CT molecular complexity index is 1240. The van der Waals surface area contributed by atoms with Crippen molar-refractivity contribution in [3.63, 3.8) is 0 Å². The van der Waals surface area contributed by atoms with E-state index >= 15 is 0 Å². The van der Waals surface area contributed by atoms with Gasteiger partial charge in [-0.3, -0.25) is 4.99 Å². The van der Waals surface area contributed by atoms with Crippen LogP contribution in [-0.4, -0.2) is 12.8 Å². The molecule has 4 heteroatoms. The SMILES string of the molecule is COc1ccc(C#Cc2ccc(/C=C/C3=NC(c4ccc(Cl)cc4Cl)=CC3)cc2)cc1. The van der Waals surface area contributed by atoms with Crippen molar-refractivity contribution < 1.29 is 4.74 Å². The second-order valence-corrected chi connectivity index (χ2v) is 7.80. The maximum atomic E-state index is 6.29. The molecule has 3 aromatic carbocycles. The van der Waals surface area contributed by atoms with Crippen LogP contribution in [0.2, 0.25) is 10.0 Å². The fourth-order valence-corrected chi connectivity index (χ4v) is 3.61. The maximum absolute atomic E-state index is 6.29. The number of benzene rings is 3. The first-order valence-electron chi connectivity index (χ1n) is 9.78. The van der Waals surface area contributed by atoms with Crippen molar-refractivity contribution >= 4 is 40.7 Å². The molecule has 0 saturated carbocycles. The lowest BCUT2D eigenvalue weighted by Gasteiger charge is -2.02. The Morgan fingerprint density at radius 3 is 2.19 bits per heavy atom. The van der Waals surface area contributed by atoms with Crippen LogP contribution in [0, 0.1) is 11.8 Å². The highest BCUT2D eigenvalue weighted by molar-refractivity contribution is 6.35. The third-order valence-corrected chi connectivity index (χ3v) is 5.34. The lowest BCUT2D eigenvalue weighted by molar-refractivity contribution is 0.415. The molecule has 1 heterocycles. The van der Waals surface area contributed by atoms with Gasteiger partial charge < -0.3 is 4.74 Å². The van der Waals surface area contributed by atoms with E-state index in [1.54, 1.807) is 13.2 Å². The van der Waals surface area contributed by atoms with Crippen LogP contribution in [-0.2, 0) is 0 Å². The average molecular weight is 444 g/mol. The van der Waals surface area contributed by atoms with Gasteiger partial charge in [0.05, 0.1) is 17.8 Å². The Morgan fingerprint density at radius 1 is 0.871 bits per heavy atom. The van der Waals surface area contributed by atoms with Crippen molar-refractivity contribution in [3.8, 4) is 17.6 Å². The van der Waals surface area contributed by atoms with Crippen LogP contribution in [0.15, 0.2) is 83.9 Å². The van der Waals surface area contributed by atoms with Crippen molar-refractivity contribution in [2.24, 2.45) is 4.99 Å². The van der Waals surface area contributed by atoms with Gasteiger partial charge in [-0.2, -0.15) is 0 Å². The van der Waals surface area contributed by atoms with E-state index in [0.717, 1.165) is 45.8 Å². The summed E-state index contributed by atoms with van der Waals surface area (Å²) in [7, 11) is 1.65. The molecule has 0 bridgehead atoms. The normalized spacial score (nSPS) is 12.9. The third-order valence-electron chi connectivity index (χ3n) is 4.80. The number of halogens is 2. The van der Waals surface area contributed by atoms with Crippen LogP contribution >= 0.6 is 23.2 Å². The summed E-state index contributed by atoms with van der Waals surface area (Å²) in [5, 5.41) is 1.23. The molecule has 0 N–H and O–H groups in total. The minimum Gasteiger partial charge on any atom is -0.497 e. The molecule has 0 unspecified atom stereocenters. The zero-order chi connectivity index (χ0) is 21.6. The Balaban J connectivity index is 1.41. The molecular formula is C27H19Cl2NO. The molecule has 0 amide bonds. The van der Waals surface area contributed by atoms with Gasteiger partial charge in [-0.05, 0) is 66.2 Å². The largest absolute Gasteiger partial charge is 0.497 e. The zero-order valence-corrected chi connectivity index (χ0v) is 18.4. The van der Waals surface area contributed by atoms with E-state index in [9.17, 15) is 0 Å². The summed E-state index contributed by atoms with van der Waals surface area (Å²) < 4.78 is 5.17. The number of nitrogens with zero attached hydrogens (tertiary/aromatic N) is 1. The van der Waals surface area contributed by atoms with E-state index in [2.05, 4.69) is 41.1 Å². The van der Waals surface area contributed by atoms with Gasteiger partial charge in [0.25, 0.3) is 0 Å². The second-order valence-electron chi connectivity index (χ2n) is 6.95. The van der Waals surface area contributed by atoms with Crippen molar-refractivity contribution in [2.45, 2.75) is 6.42 Å². The quantitative estimate of drug-likeness (QED) is 0.387. The standard InChI is InChI=1S/C27H19Cl2NO/c1-31-24-14-9-21(10-15-24)7-4-19-2-5-20(6-3-19)8-12-23-13-17-27(30-23)25-16-11-22(28)18-26(25)29/h2-3,5-6,8-12,14-18H,13H2,1H3/b12-8+. The van der Waals surface area contributed by atoms with Crippen LogP contribution in [0.5, 0.6) is 5.75 Å². The Labute approximate surface area is 192 Å². The van der Waals surface area contributed by atoms with E-state index < -0.39 is 0 Å². The Morgan fingerprint density at radius 2 is 1.55 bits per heavy atom. The lowest BCUT2D eigenvalue weighted by Crippen LogP contribution is -1.86. The Kier molecular flexibility index (Phi) is 6.57. The predicted octanol–water partition coefficient (Wildman–Crippen LogP) is 7.30. The second kappa shape index (κ2) is 9.71. The van der Waals surface area contributed by atoms with Gasteiger partial charge in [0.15, 0.2) is 0 Å². The maximum Gasteiger partial charge on any atom is 0.118 e. The van der Waals surface area contributed by atoms with Crippen molar-refractivity contribution in [1.29, 1.82) is 0 Å². The van der Waals surface area contributed by atoms with Gasteiger partial charge >= 0.3 is 0 Å². The third kappa shape index (κ3) is 5.47. The molecule has 4 rings (SSSR count). The van der Waals surface area contributed by atoms with Crippen LogP contribution in [0.25, 0.3) is 11.8 Å². The summed E-state index contributed by atoms with van der Waals surface area (Å²) in [6.07, 6.45) is 6.94. The summed E-state index contributed by atoms with van der Waals surface area (Å²) in [6, 6.07) is 21.3. The Hall–Kier alpha value is -3.25. The van der Waals surface area contributed by atoms with Crippen molar-refractivity contribution in [3.05, 3.63) is 111 Å². The number of aliphatic imine (C=N–C) groups is 1. The predicted molar refractivity (Wildman–Crippen MR) is 131 cm³/mol. The van der Waals surface area contributed by atoms with E-state index in [0.29, 0.717) is 10.0 Å². The smallest absolute Gasteiger partial charge is 0.118 e. The molecule has 1 aliphatic rings. The first-order chi connectivity index (χ1) is 15.1. The molecule has 152 valence electrons. The monoisotopic (exact) mass is 443 g/mol. The van der Waals surface area contributed by atoms with Gasteiger partial charge in [-0.25, -0.2) is 0 Å². The topological polar surface area (TPSA) is 21.6 Å². The van der Waals surface area contributed by atoms with Gasteiger partial charge in [0.1, 0.15) is 5.75 Å². The number of allylic oxidation sites excluding steroid dienone is 2. The van der Waals surface area contributed by atoms with E-state index in [1.165, 1.54) is 0 Å². The van der Waals surface area contributed by atoms with Crippen molar-refractivity contribution in [2.75, 3.05) is 7.11 Å². The first kappa shape index (κ1) is 21.0. The highest BCUT2D eigenvalue weighted by atomic mass is 35.5. The van der Waals surface area contributed by atoms with Gasteiger partial charge in [-0.15, -0.1) is 0 Å². The number of rotatable bonds is 4. The summed E-state index contributed by atoms with van der Waals surface area (Å²) in [5.74, 6) is 7.18. The number of ether oxygens (including phenoxy) is 1. The van der Waals surface area contributed by atoms with Gasteiger partial charge in [-0.1, -0.05) is 59.3 Å². The summed E-state index contributed by atoms with van der Waals surface area (Å²) in [4.78, 5) is 4.69. The van der Waals surface area contributed by atoms with E-state index in [4.69, 9.17) is 27.9 Å². The van der Waals surface area contributed by atoms with Crippen LogP contribution in [0.4, 0.5) is 0 Å². The molecule has 0 aromatic heterocycles. The molecule has 0 fully saturated rings. The molecular weight excluding hydrogens is 425 g/mol. The molecule has 0 spiro atoms. The highest BCUT2D eigenvalue weighted by Crippen LogP contribution is 2.30. The van der Waals surface area contributed by atoms with Gasteiger partial charge in [0, 0.05) is 33.8 Å². The number of hydrogen-bond donors (Lipinski definition) is 0. The minimum absolute atomic E-state index is 0.610. The van der Waals surface area contributed by atoms with E-state index in [1.807, 2.05) is 54.6 Å². The van der Waals surface area contributed by atoms with Crippen molar-refractivity contribution in [1.82, 2.24) is 0 Å². The van der Waals surface area contributed by atoms with Crippen LogP contribution in [0.1, 0.15) is 28.7 Å². The zero-order valence-electron chi connectivity index (χ0n) is 16.9. The summed E-state index contributed by atoms with van der Waals surface area (Å²) in [5.41, 5.74) is 5.78. The molecule has 2 nitrogen and oxygen atoms in total. The fraction of sp³-hybridized carbons (Fsp3) is 0.0741. The molecule has 31 heavy (non-hydrogen) atoms. The fourth-order valence-electron chi connectivity index (χ4n) is 3.11. The molecule has 0 aliphatic carbocycles. The lowest BCUT2D eigenvalue weighted by atomic mass is 10.1. The summed E-state index contributed by atoms with van der Waals surface area (Å²) >= 11 is 12.3. The molecule has 0 radical (unpaired) electrons. The van der Waals surface area contributed by atoms with Crippen LogP contribution < -0.4 is 4.74 Å². The molecule has 1 aliphatic heterocycles. The highest BCUT2D eigenvalue weighted by Gasteiger charge is 2.11. The number of methoxy groups -OCH3 is 1. The first-order valence-corrected chi connectivity index (χ1v) is 10.5. The molecule has 0 atom stereocenters. The van der Waals surface area contributed by atoms with Crippen LogP contribution in [0.3, 0.4) is 0 Å². The van der Waals surface area contributed by atoms with Gasteiger partial charge in [0.2, 0.25) is 0 Å². The molecule has 0 saturated heterocycles. The van der Waals surface area contributed by atoms with E-state index in [-0.39, 0.29) is 0 Å². The summed E-state index contributed by atoms with van der Waals surface area (Å²) in [6.45, 7) is 0. The average Bonchev–Trinajstić information content (AvgIpc) is 3.26. The minimum atomic E-state index is 0.610. The molecule has 3 aromatic rings.